The van der Waals surface area contributed by atoms with E-state index < -0.39 is 0 Å². The van der Waals surface area contributed by atoms with Gasteiger partial charge in [-0.15, -0.1) is 0 Å². The van der Waals surface area contributed by atoms with Gasteiger partial charge < -0.3 is 11.5 Å². The lowest BCUT2D eigenvalue weighted by atomic mass is 10.1. The first-order chi connectivity index (χ1) is 9.69. The lowest BCUT2D eigenvalue weighted by Gasteiger charge is -2.07. The molecule has 0 fully saturated rings. The second-order valence-electron chi connectivity index (χ2n) is 5.08. The lowest BCUT2D eigenvalue weighted by Crippen LogP contribution is -2.24. The Labute approximate surface area is 124 Å². The van der Waals surface area contributed by atoms with Crippen molar-refractivity contribution < 1.29 is 0 Å². The number of hydrogen-bond donors (Lipinski definition) is 2. The van der Waals surface area contributed by atoms with E-state index in [1.807, 2.05) is 0 Å². The van der Waals surface area contributed by atoms with Crippen molar-refractivity contribution in [1.82, 2.24) is 9.36 Å². The Morgan fingerprint density at radius 3 is 2.80 bits per heavy atom. The summed E-state index contributed by atoms with van der Waals surface area (Å²) < 4.78 is 4.44. The first-order valence-electron chi connectivity index (χ1n) is 7.00. The van der Waals surface area contributed by atoms with Crippen LogP contribution in [0.2, 0.25) is 0 Å². The van der Waals surface area contributed by atoms with E-state index in [2.05, 4.69) is 40.5 Å². The third-order valence-electron chi connectivity index (χ3n) is 3.39. The summed E-state index contributed by atoms with van der Waals surface area (Å²) in [6, 6.07) is 8.53. The minimum Gasteiger partial charge on any atom is -0.330 e. The number of rotatable bonds is 7. The average molecular weight is 290 g/mol. The van der Waals surface area contributed by atoms with Gasteiger partial charge in [0.15, 0.2) is 0 Å². The minimum absolute atomic E-state index is 0.170. The third-order valence-corrected chi connectivity index (χ3v) is 4.19. The molecule has 5 heteroatoms. The van der Waals surface area contributed by atoms with Gasteiger partial charge >= 0.3 is 0 Å². The topological polar surface area (TPSA) is 77.8 Å². The highest BCUT2D eigenvalue weighted by atomic mass is 32.1. The summed E-state index contributed by atoms with van der Waals surface area (Å²) in [6.45, 7) is 2.77. The van der Waals surface area contributed by atoms with Crippen molar-refractivity contribution in [2.24, 2.45) is 11.5 Å². The van der Waals surface area contributed by atoms with E-state index in [0.29, 0.717) is 6.54 Å². The molecule has 1 atom stereocenters. The van der Waals surface area contributed by atoms with Gasteiger partial charge in [0.25, 0.3) is 0 Å². The Balaban J connectivity index is 1.91. The van der Waals surface area contributed by atoms with Crippen LogP contribution in [0.3, 0.4) is 0 Å². The molecule has 0 radical (unpaired) electrons. The van der Waals surface area contributed by atoms with Gasteiger partial charge in [0, 0.05) is 18.9 Å². The van der Waals surface area contributed by atoms with Gasteiger partial charge in [-0.25, -0.2) is 4.98 Å². The summed E-state index contributed by atoms with van der Waals surface area (Å²) in [5.41, 5.74) is 14.0. The highest BCUT2D eigenvalue weighted by Crippen LogP contribution is 2.15. The zero-order valence-corrected chi connectivity index (χ0v) is 12.7. The van der Waals surface area contributed by atoms with Crippen LogP contribution in [0.15, 0.2) is 24.3 Å². The van der Waals surface area contributed by atoms with Crippen LogP contribution < -0.4 is 11.5 Å². The summed E-state index contributed by atoms with van der Waals surface area (Å²) in [6.07, 6.45) is 3.50. The van der Waals surface area contributed by atoms with Gasteiger partial charge in [-0.3, -0.25) is 0 Å². The zero-order chi connectivity index (χ0) is 14.4. The molecule has 0 saturated heterocycles. The van der Waals surface area contributed by atoms with Crippen molar-refractivity contribution in [2.45, 2.75) is 38.6 Å². The second kappa shape index (κ2) is 7.47. The quantitative estimate of drug-likeness (QED) is 0.818. The van der Waals surface area contributed by atoms with E-state index in [0.717, 1.165) is 36.5 Å². The summed E-state index contributed by atoms with van der Waals surface area (Å²) >= 11 is 1.49. The molecular weight excluding hydrogens is 268 g/mol. The normalized spacial score (nSPS) is 12.6. The van der Waals surface area contributed by atoms with E-state index in [4.69, 9.17) is 11.5 Å². The number of nitrogens with zero attached hydrogens (tertiary/aromatic N) is 2. The predicted molar refractivity (Wildman–Crippen MR) is 83.9 cm³/mol. The highest BCUT2D eigenvalue weighted by Gasteiger charge is 2.08. The predicted octanol–water partition coefficient (Wildman–Crippen LogP) is 2.05. The van der Waals surface area contributed by atoms with E-state index >= 15 is 0 Å². The molecule has 0 aliphatic rings. The van der Waals surface area contributed by atoms with Crippen LogP contribution in [-0.4, -0.2) is 21.9 Å². The minimum atomic E-state index is 0.170. The van der Waals surface area contributed by atoms with Gasteiger partial charge in [-0.1, -0.05) is 24.3 Å². The SMILES string of the molecule is Cc1ccccc1Cc1nsc(CCC(N)CCN)n1. The van der Waals surface area contributed by atoms with Gasteiger partial charge in [-0.2, -0.15) is 4.37 Å². The van der Waals surface area contributed by atoms with Crippen molar-refractivity contribution >= 4 is 11.5 Å². The van der Waals surface area contributed by atoms with Gasteiger partial charge in [-0.05, 0) is 49.0 Å². The molecule has 0 bridgehead atoms. The molecule has 108 valence electrons. The van der Waals surface area contributed by atoms with Crippen molar-refractivity contribution in [3.63, 3.8) is 0 Å². The second-order valence-corrected chi connectivity index (χ2v) is 5.92. The fourth-order valence-electron chi connectivity index (χ4n) is 2.11. The molecule has 0 saturated carbocycles. The molecule has 20 heavy (non-hydrogen) atoms. The van der Waals surface area contributed by atoms with Crippen molar-refractivity contribution in [3.8, 4) is 0 Å². The Bertz CT molecular complexity index is 538. The van der Waals surface area contributed by atoms with E-state index in [-0.39, 0.29) is 6.04 Å². The molecule has 4 nitrogen and oxygen atoms in total. The van der Waals surface area contributed by atoms with Crippen LogP contribution in [0.4, 0.5) is 0 Å². The van der Waals surface area contributed by atoms with E-state index in [1.54, 1.807) is 0 Å². The molecule has 1 unspecified atom stereocenters. The maximum atomic E-state index is 5.96. The molecule has 1 aromatic carbocycles. The Morgan fingerprint density at radius 1 is 1.25 bits per heavy atom. The standard InChI is InChI=1S/C15H22N4S/c1-11-4-2-3-5-12(11)10-14-18-15(20-19-14)7-6-13(17)8-9-16/h2-5,13H,6-10,16-17H2,1H3. The monoisotopic (exact) mass is 290 g/mol. The van der Waals surface area contributed by atoms with Crippen LogP contribution in [0, 0.1) is 6.92 Å². The fraction of sp³-hybridized carbons (Fsp3) is 0.467. The molecule has 0 amide bonds. The van der Waals surface area contributed by atoms with Gasteiger partial charge in [0.1, 0.15) is 10.8 Å². The van der Waals surface area contributed by atoms with Crippen molar-refractivity contribution in [1.29, 1.82) is 0 Å². The van der Waals surface area contributed by atoms with Crippen LogP contribution in [0.5, 0.6) is 0 Å². The summed E-state index contributed by atoms with van der Waals surface area (Å²) in [5, 5.41) is 1.07. The van der Waals surface area contributed by atoms with Crippen LogP contribution in [0.1, 0.15) is 34.8 Å². The molecule has 1 aromatic heterocycles. The fourth-order valence-corrected chi connectivity index (χ4v) is 2.78. The molecular formula is C15H22N4S. The number of nitrogens with two attached hydrogens (primary N) is 2. The molecule has 4 N–H and O–H groups in total. The van der Waals surface area contributed by atoms with Crippen LogP contribution in [0.25, 0.3) is 0 Å². The molecule has 1 heterocycles. The zero-order valence-electron chi connectivity index (χ0n) is 11.9. The highest BCUT2D eigenvalue weighted by molar-refractivity contribution is 7.05. The lowest BCUT2D eigenvalue weighted by molar-refractivity contribution is 0.574. The Kier molecular flexibility index (Phi) is 5.64. The third kappa shape index (κ3) is 4.37. The molecule has 2 aromatic rings. The smallest absolute Gasteiger partial charge is 0.146 e. The van der Waals surface area contributed by atoms with Crippen LogP contribution >= 0.6 is 11.5 Å². The van der Waals surface area contributed by atoms with Crippen LogP contribution in [-0.2, 0) is 12.8 Å². The van der Waals surface area contributed by atoms with Crippen molar-refractivity contribution in [3.05, 3.63) is 46.2 Å². The van der Waals surface area contributed by atoms with E-state index in [1.165, 1.54) is 22.7 Å². The van der Waals surface area contributed by atoms with Gasteiger partial charge in [0.05, 0.1) is 0 Å². The molecule has 0 aliphatic heterocycles. The number of aryl methyl sites for hydroxylation is 2. The maximum absolute atomic E-state index is 5.96. The summed E-state index contributed by atoms with van der Waals surface area (Å²) in [4.78, 5) is 4.60. The number of hydrogen-bond acceptors (Lipinski definition) is 5. The number of benzene rings is 1. The molecule has 2 rings (SSSR count). The molecule has 0 spiro atoms. The van der Waals surface area contributed by atoms with Gasteiger partial charge in [0.2, 0.25) is 0 Å². The summed E-state index contributed by atoms with van der Waals surface area (Å²) in [7, 11) is 0. The van der Waals surface area contributed by atoms with E-state index in [9.17, 15) is 0 Å². The summed E-state index contributed by atoms with van der Waals surface area (Å²) in [5.74, 6) is 0.909. The molecule has 0 aliphatic carbocycles. The Morgan fingerprint density at radius 2 is 2.05 bits per heavy atom. The number of aromatic nitrogens is 2. The first kappa shape index (κ1) is 15.1. The maximum Gasteiger partial charge on any atom is 0.146 e. The average Bonchev–Trinajstić information content (AvgIpc) is 2.87. The largest absolute Gasteiger partial charge is 0.330 e. The first-order valence-corrected chi connectivity index (χ1v) is 7.78. The Hall–Kier alpha value is -1.30. The van der Waals surface area contributed by atoms with Crippen molar-refractivity contribution in [2.75, 3.05) is 6.54 Å².